The molecule has 2 aromatic rings. The molecule has 0 spiro atoms. The Morgan fingerprint density at radius 3 is 2.80 bits per heavy atom. The molecule has 1 aromatic heterocycles. The molecule has 3 nitrogen and oxygen atoms in total. The van der Waals surface area contributed by atoms with E-state index in [0.717, 1.165) is 0 Å². The molecule has 0 aliphatic heterocycles. The van der Waals surface area contributed by atoms with Crippen LogP contribution in [0.1, 0.15) is 15.9 Å². The van der Waals surface area contributed by atoms with Gasteiger partial charge in [0.15, 0.2) is 5.78 Å². The van der Waals surface area contributed by atoms with E-state index in [0.29, 0.717) is 5.56 Å². The Morgan fingerprint density at radius 2 is 2.13 bits per heavy atom. The maximum Gasteiger partial charge on any atom is 0.198 e. The normalized spacial score (nSPS) is 10.2. The number of nitrogen functional groups attached to an aromatic ring is 1. The SMILES string of the molecule is Nc1c(F)cccc1C(=O)c1ccoc1. The molecule has 0 aliphatic rings. The maximum absolute atomic E-state index is 13.1. The quantitative estimate of drug-likeness (QED) is 0.604. The smallest absolute Gasteiger partial charge is 0.198 e. The largest absolute Gasteiger partial charge is 0.472 e. The lowest BCUT2D eigenvalue weighted by atomic mass is 10.0. The third-order valence-corrected chi connectivity index (χ3v) is 2.08. The predicted molar refractivity (Wildman–Crippen MR) is 53.0 cm³/mol. The van der Waals surface area contributed by atoms with Crippen LogP contribution in [-0.4, -0.2) is 5.78 Å². The second-order valence-electron chi connectivity index (χ2n) is 3.04. The van der Waals surface area contributed by atoms with Gasteiger partial charge in [0.1, 0.15) is 12.1 Å². The van der Waals surface area contributed by atoms with E-state index in [4.69, 9.17) is 10.2 Å². The second-order valence-corrected chi connectivity index (χ2v) is 3.04. The molecule has 0 unspecified atom stereocenters. The van der Waals surface area contributed by atoms with Crippen LogP contribution in [0.5, 0.6) is 0 Å². The van der Waals surface area contributed by atoms with Gasteiger partial charge in [-0.1, -0.05) is 6.07 Å². The molecule has 15 heavy (non-hydrogen) atoms. The molecule has 0 amide bonds. The van der Waals surface area contributed by atoms with Crippen molar-refractivity contribution < 1.29 is 13.6 Å². The van der Waals surface area contributed by atoms with Crippen molar-refractivity contribution in [2.45, 2.75) is 0 Å². The number of carbonyl (C=O) groups is 1. The van der Waals surface area contributed by atoms with E-state index in [9.17, 15) is 9.18 Å². The zero-order chi connectivity index (χ0) is 10.8. The Hall–Kier alpha value is -2.10. The van der Waals surface area contributed by atoms with E-state index in [1.165, 1.54) is 36.8 Å². The summed E-state index contributed by atoms with van der Waals surface area (Å²) in [6.45, 7) is 0. The van der Waals surface area contributed by atoms with Crippen molar-refractivity contribution in [3.63, 3.8) is 0 Å². The first-order valence-electron chi connectivity index (χ1n) is 4.31. The Bertz CT molecular complexity index is 491. The van der Waals surface area contributed by atoms with Crippen molar-refractivity contribution in [2.75, 3.05) is 5.73 Å². The summed E-state index contributed by atoms with van der Waals surface area (Å²) in [5.74, 6) is -0.940. The first-order chi connectivity index (χ1) is 7.20. The third-order valence-electron chi connectivity index (χ3n) is 2.08. The van der Waals surface area contributed by atoms with E-state index in [1.807, 2.05) is 0 Å². The van der Waals surface area contributed by atoms with Gasteiger partial charge >= 0.3 is 0 Å². The fraction of sp³-hybridized carbons (Fsp3) is 0. The lowest BCUT2D eigenvalue weighted by Gasteiger charge is -2.03. The fourth-order valence-electron chi connectivity index (χ4n) is 1.28. The minimum atomic E-state index is -0.593. The molecule has 1 aromatic carbocycles. The highest BCUT2D eigenvalue weighted by Crippen LogP contribution is 2.19. The number of ketones is 1. The van der Waals surface area contributed by atoms with Crippen molar-refractivity contribution in [2.24, 2.45) is 0 Å². The van der Waals surface area contributed by atoms with E-state index in [2.05, 4.69) is 0 Å². The summed E-state index contributed by atoms with van der Waals surface area (Å²) in [5.41, 5.74) is 5.83. The Balaban J connectivity index is 2.47. The molecule has 0 fully saturated rings. The molecule has 0 bridgehead atoms. The number of furan rings is 1. The Morgan fingerprint density at radius 1 is 1.33 bits per heavy atom. The van der Waals surface area contributed by atoms with Gasteiger partial charge in [-0.15, -0.1) is 0 Å². The van der Waals surface area contributed by atoms with Crippen LogP contribution in [0, 0.1) is 5.82 Å². The van der Waals surface area contributed by atoms with E-state index in [1.54, 1.807) is 0 Å². The van der Waals surface area contributed by atoms with Gasteiger partial charge in [0.05, 0.1) is 17.5 Å². The average molecular weight is 205 g/mol. The molecule has 0 aliphatic carbocycles. The van der Waals surface area contributed by atoms with Gasteiger partial charge in [-0.05, 0) is 18.2 Å². The number of carbonyl (C=O) groups excluding carboxylic acids is 1. The minimum absolute atomic E-state index is 0.135. The lowest BCUT2D eigenvalue weighted by Crippen LogP contribution is -2.05. The molecule has 2 rings (SSSR count). The molecular formula is C11H8FNO2. The minimum Gasteiger partial charge on any atom is -0.472 e. The van der Waals surface area contributed by atoms with Crippen molar-refractivity contribution in [1.29, 1.82) is 0 Å². The molecule has 0 saturated heterocycles. The zero-order valence-corrected chi connectivity index (χ0v) is 7.74. The first kappa shape index (κ1) is 9.45. The summed E-state index contributed by atoms with van der Waals surface area (Å²) in [4.78, 5) is 11.8. The van der Waals surface area contributed by atoms with Crippen molar-refractivity contribution in [1.82, 2.24) is 0 Å². The van der Waals surface area contributed by atoms with Gasteiger partial charge in [-0.25, -0.2) is 4.39 Å². The third kappa shape index (κ3) is 1.61. The molecule has 0 saturated carbocycles. The van der Waals surface area contributed by atoms with Crippen LogP contribution in [0.2, 0.25) is 0 Å². The zero-order valence-electron chi connectivity index (χ0n) is 7.74. The molecule has 0 atom stereocenters. The van der Waals surface area contributed by atoms with Crippen LogP contribution in [0.4, 0.5) is 10.1 Å². The summed E-state index contributed by atoms with van der Waals surface area (Å²) in [6.07, 6.45) is 2.68. The topological polar surface area (TPSA) is 56.2 Å². The number of halogens is 1. The number of rotatable bonds is 2. The fourth-order valence-corrected chi connectivity index (χ4v) is 1.28. The molecule has 2 N–H and O–H groups in total. The van der Waals surface area contributed by atoms with Gasteiger partial charge in [-0.3, -0.25) is 4.79 Å². The Labute approximate surface area is 85.3 Å². The highest BCUT2D eigenvalue weighted by Gasteiger charge is 2.15. The van der Waals surface area contributed by atoms with Crippen LogP contribution in [0.3, 0.4) is 0 Å². The Kier molecular flexibility index (Phi) is 2.25. The molecular weight excluding hydrogens is 197 g/mol. The molecule has 76 valence electrons. The monoisotopic (exact) mass is 205 g/mol. The number of para-hydroxylation sites is 1. The number of benzene rings is 1. The summed E-state index contributed by atoms with van der Waals surface area (Å²) in [5, 5.41) is 0. The summed E-state index contributed by atoms with van der Waals surface area (Å²) in [6, 6.07) is 5.64. The van der Waals surface area contributed by atoms with Gasteiger partial charge in [0.2, 0.25) is 0 Å². The van der Waals surface area contributed by atoms with Crippen LogP contribution in [0.15, 0.2) is 41.2 Å². The van der Waals surface area contributed by atoms with Crippen LogP contribution < -0.4 is 5.73 Å². The van der Waals surface area contributed by atoms with Crippen molar-refractivity contribution in [3.8, 4) is 0 Å². The molecule has 4 heteroatoms. The van der Waals surface area contributed by atoms with Crippen LogP contribution in [-0.2, 0) is 0 Å². The van der Waals surface area contributed by atoms with E-state index in [-0.39, 0.29) is 17.0 Å². The number of hydrogen-bond acceptors (Lipinski definition) is 3. The van der Waals surface area contributed by atoms with Gasteiger partial charge < -0.3 is 10.2 Å². The number of hydrogen-bond donors (Lipinski definition) is 1. The predicted octanol–water partition coefficient (Wildman–Crippen LogP) is 2.23. The van der Waals surface area contributed by atoms with Crippen LogP contribution in [0.25, 0.3) is 0 Å². The summed E-state index contributed by atoms with van der Waals surface area (Å²) < 4.78 is 17.9. The van der Waals surface area contributed by atoms with Crippen molar-refractivity contribution >= 4 is 11.5 Å². The summed E-state index contributed by atoms with van der Waals surface area (Å²) >= 11 is 0. The summed E-state index contributed by atoms with van der Waals surface area (Å²) in [7, 11) is 0. The lowest BCUT2D eigenvalue weighted by molar-refractivity contribution is 0.103. The standard InChI is InChI=1S/C11H8FNO2/c12-9-3-1-2-8(10(9)13)11(14)7-4-5-15-6-7/h1-6H,13H2. The van der Waals surface area contributed by atoms with E-state index < -0.39 is 5.82 Å². The highest BCUT2D eigenvalue weighted by molar-refractivity contribution is 6.11. The molecule has 1 heterocycles. The van der Waals surface area contributed by atoms with E-state index >= 15 is 0 Å². The average Bonchev–Trinajstić information content (AvgIpc) is 2.74. The second kappa shape index (κ2) is 3.57. The van der Waals surface area contributed by atoms with Gasteiger partial charge in [0.25, 0.3) is 0 Å². The molecule has 0 radical (unpaired) electrons. The number of anilines is 1. The highest BCUT2D eigenvalue weighted by atomic mass is 19.1. The number of nitrogens with two attached hydrogens (primary N) is 1. The van der Waals surface area contributed by atoms with Crippen molar-refractivity contribution in [3.05, 3.63) is 53.7 Å². The maximum atomic E-state index is 13.1. The first-order valence-corrected chi connectivity index (χ1v) is 4.31. The van der Waals surface area contributed by atoms with Gasteiger partial charge in [0, 0.05) is 5.56 Å². The van der Waals surface area contributed by atoms with Gasteiger partial charge in [-0.2, -0.15) is 0 Å². The van der Waals surface area contributed by atoms with Crippen LogP contribution >= 0.6 is 0 Å².